The molecule has 2 rings (SSSR count). The molecule has 2 aromatic rings. The molecule has 0 aliphatic rings. The molecule has 0 amide bonds. The SMILES string of the molecule is CCOc1ccccc1OCCCc1ccnc(N)c1. The summed E-state index contributed by atoms with van der Waals surface area (Å²) in [7, 11) is 0. The van der Waals surface area contributed by atoms with Gasteiger partial charge in [0.15, 0.2) is 11.5 Å². The minimum absolute atomic E-state index is 0.560. The molecule has 0 spiro atoms. The highest BCUT2D eigenvalue weighted by Crippen LogP contribution is 2.26. The highest BCUT2D eigenvalue weighted by atomic mass is 16.5. The third-order valence-corrected chi connectivity index (χ3v) is 2.86. The van der Waals surface area contributed by atoms with Crippen LogP contribution >= 0.6 is 0 Å². The lowest BCUT2D eigenvalue weighted by molar-refractivity contribution is 0.273. The molecule has 0 aliphatic carbocycles. The number of pyridine rings is 1. The maximum atomic E-state index is 5.77. The van der Waals surface area contributed by atoms with Crippen LogP contribution in [0, 0.1) is 0 Å². The molecule has 0 bridgehead atoms. The van der Waals surface area contributed by atoms with Gasteiger partial charge in [-0.1, -0.05) is 12.1 Å². The van der Waals surface area contributed by atoms with Crippen molar-refractivity contribution in [3.8, 4) is 11.5 Å². The maximum Gasteiger partial charge on any atom is 0.161 e. The minimum Gasteiger partial charge on any atom is -0.490 e. The zero-order chi connectivity index (χ0) is 14.2. The molecule has 2 N–H and O–H groups in total. The highest BCUT2D eigenvalue weighted by molar-refractivity contribution is 5.39. The molecule has 0 fully saturated rings. The number of aryl methyl sites for hydroxylation is 1. The van der Waals surface area contributed by atoms with Gasteiger partial charge in [0.2, 0.25) is 0 Å². The van der Waals surface area contributed by atoms with Gasteiger partial charge >= 0.3 is 0 Å². The van der Waals surface area contributed by atoms with Crippen LogP contribution < -0.4 is 15.2 Å². The second-order valence-electron chi connectivity index (χ2n) is 4.42. The second kappa shape index (κ2) is 7.38. The van der Waals surface area contributed by atoms with Gasteiger partial charge in [-0.2, -0.15) is 0 Å². The Morgan fingerprint density at radius 2 is 1.85 bits per heavy atom. The second-order valence-corrected chi connectivity index (χ2v) is 4.42. The fraction of sp³-hybridized carbons (Fsp3) is 0.312. The van der Waals surface area contributed by atoms with Gasteiger partial charge in [0.25, 0.3) is 0 Å². The van der Waals surface area contributed by atoms with Gasteiger partial charge in [-0.3, -0.25) is 0 Å². The Balaban J connectivity index is 1.81. The first-order valence-electron chi connectivity index (χ1n) is 6.84. The first kappa shape index (κ1) is 14.2. The molecule has 0 radical (unpaired) electrons. The van der Waals surface area contributed by atoms with Gasteiger partial charge in [-0.15, -0.1) is 0 Å². The first-order valence-corrected chi connectivity index (χ1v) is 6.84. The summed E-state index contributed by atoms with van der Waals surface area (Å²) in [5.41, 5.74) is 6.83. The van der Waals surface area contributed by atoms with E-state index in [9.17, 15) is 0 Å². The number of ether oxygens (including phenoxy) is 2. The Kier molecular flexibility index (Phi) is 5.24. The lowest BCUT2D eigenvalue weighted by Crippen LogP contribution is -2.02. The molecule has 1 heterocycles. The Morgan fingerprint density at radius 1 is 1.10 bits per heavy atom. The van der Waals surface area contributed by atoms with Crippen molar-refractivity contribution >= 4 is 5.82 Å². The van der Waals surface area contributed by atoms with Crippen LogP contribution in [-0.4, -0.2) is 18.2 Å². The zero-order valence-corrected chi connectivity index (χ0v) is 11.7. The molecule has 0 saturated carbocycles. The van der Waals surface area contributed by atoms with E-state index in [-0.39, 0.29) is 0 Å². The van der Waals surface area contributed by atoms with Gasteiger partial charge < -0.3 is 15.2 Å². The number of anilines is 1. The lowest BCUT2D eigenvalue weighted by Gasteiger charge is -2.11. The fourth-order valence-corrected chi connectivity index (χ4v) is 1.95. The van der Waals surface area contributed by atoms with Crippen LogP contribution in [-0.2, 0) is 6.42 Å². The third-order valence-electron chi connectivity index (χ3n) is 2.86. The van der Waals surface area contributed by atoms with E-state index < -0.39 is 0 Å². The standard InChI is InChI=1S/C16H20N2O2/c1-2-19-14-7-3-4-8-15(14)20-11-5-6-13-9-10-18-16(17)12-13/h3-4,7-10,12H,2,5-6,11H2,1H3,(H2,17,18). The van der Waals surface area contributed by atoms with E-state index in [1.807, 2.05) is 43.3 Å². The molecule has 106 valence electrons. The number of rotatable bonds is 7. The molecule has 20 heavy (non-hydrogen) atoms. The van der Waals surface area contributed by atoms with Crippen molar-refractivity contribution < 1.29 is 9.47 Å². The van der Waals surface area contributed by atoms with Crippen molar-refractivity contribution in [3.05, 3.63) is 48.2 Å². The zero-order valence-electron chi connectivity index (χ0n) is 11.7. The van der Waals surface area contributed by atoms with Crippen LogP contribution in [0.1, 0.15) is 18.9 Å². The predicted octanol–water partition coefficient (Wildman–Crippen LogP) is 3.07. The van der Waals surface area contributed by atoms with Gasteiger partial charge in [-0.25, -0.2) is 4.98 Å². The Morgan fingerprint density at radius 3 is 2.55 bits per heavy atom. The Labute approximate surface area is 119 Å². The number of nitrogens with zero attached hydrogens (tertiary/aromatic N) is 1. The molecule has 0 atom stereocenters. The maximum absolute atomic E-state index is 5.77. The minimum atomic E-state index is 0.560. The molecule has 1 aromatic carbocycles. The highest BCUT2D eigenvalue weighted by Gasteiger charge is 2.03. The summed E-state index contributed by atoms with van der Waals surface area (Å²) in [5, 5.41) is 0. The lowest BCUT2D eigenvalue weighted by atomic mass is 10.1. The molecule has 0 saturated heterocycles. The smallest absolute Gasteiger partial charge is 0.161 e. The van der Waals surface area contributed by atoms with Crippen LogP contribution in [0.5, 0.6) is 11.5 Å². The van der Waals surface area contributed by atoms with Crippen molar-refractivity contribution in [2.45, 2.75) is 19.8 Å². The molecule has 4 heteroatoms. The topological polar surface area (TPSA) is 57.4 Å². The summed E-state index contributed by atoms with van der Waals surface area (Å²) in [6.45, 7) is 3.24. The average Bonchev–Trinajstić information content (AvgIpc) is 2.46. The van der Waals surface area contributed by atoms with Crippen molar-refractivity contribution in [1.82, 2.24) is 4.98 Å². The molecular weight excluding hydrogens is 252 g/mol. The van der Waals surface area contributed by atoms with E-state index >= 15 is 0 Å². The molecule has 0 aliphatic heterocycles. The van der Waals surface area contributed by atoms with E-state index in [1.165, 1.54) is 5.56 Å². The summed E-state index contributed by atoms with van der Waals surface area (Å²) in [6, 6.07) is 11.6. The van der Waals surface area contributed by atoms with Gasteiger partial charge in [0.1, 0.15) is 5.82 Å². The van der Waals surface area contributed by atoms with Crippen molar-refractivity contribution in [3.63, 3.8) is 0 Å². The van der Waals surface area contributed by atoms with E-state index in [0.29, 0.717) is 19.0 Å². The number of aromatic nitrogens is 1. The quantitative estimate of drug-likeness (QED) is 0.787. The van der Waals surface area contributed by atoms with E-state index in [2.05, 4.69) is 4.98 Å². The number of nitrogens with two attached hydrogens (primary N) is 1. The number of hydrogen-bond acceptors (Lipinski definition) is 4. The first-order chi connectivity index (χ1) is 9.79. The van der Waals surface area contributed by atoms with Crippen molar-refractivity contribution in [1.29, 1.82) is 0 Å². The summed E-state index contributed by atoms with van der Waals surface area (Å²) in [6.07, 6.45) is 3.57. The molecule has 1 aromatic heterocycles. The van der Waals surface area contributed by atoms with E-state index in [1.54, 1.807) is 6.20 Å². The van der Waals surface area contributed by atoms with Gasteiger partial charge in [-0.05, 0) is 49.6 Å². The van der Waals surface area contributed by atoms with Crippen LogP contribution in [0.3, 0.4) is 0 Å². The predicted molar refractivity (Wildman–Crippen MR) is 80.1 cm³/mol. The molecule has 0 unspecified atom stereocenters. The number of nitrogen functional groups attached to an aromatic ring is 1. The number of para-hydroxylation sites is 2. The summed E-state index contributed by atoms with van der Waals surface area (Å²) in [5.74, 6) is 2.15. The number of hydrogen-bond donors (Lipinski definition) is 1. The van der Waals surface area contributed by atoms with E-state index in [4.69, 9.17) is 15.2 Å². The Bertz CT molecular complexity index is 544. The molecule has 4 nitrogen and oxygen atoms in total. The molecular formula is C16H20N2O2. The average molecular weight is 272 g/mol. The van der Waals surface area contributed by atoms with Crippen LogP contribution in [0.15, 0.2) is 42.6 Å². The Hall–Kier alpha value is -2.23. The van der Waals surface area contributed by atoms with Crippen molar-refractivity contribution in [2.24, 2.45) is 0 Å². The normalized spacial score (nSPS) is 10.2. The van der Waals surface area contributed by atoms with Gasteiger partial charge in [0.05, 0.1) is 13.2 Å². The van der Waals surface area contributed by atoms with Crippen LogP contribution in [0.4, 0.5) is 5.82 Å². The summed E-state index contributed by atoms with van der Waals surface area (Å²) in [4.78, 5) is 3.98. The third kappa shape index (κ3) is 4.16. The van der Waals surface area contributed by atoms with Crippen LogP contribution in [0.2, 0.25) is 0 Å². The largest absolute Gasteiger partial charge is 0.490 e. The number of benzene rings is 1. The monoisotopic (exact) mass is 272 g/mol. The van der Waals surface area contributed by atoms with Crippen molar-refractivity contribution in [2.75, 3.05) is 18.9 Å². The summed E-state index contributed by atoms with van der Waals surface area (Å²) >= 11 is 0. The van der Waals surface area contributed by atoms with Gasteiger partial charge in [0, 0.05) is 6.20 Å². The fourth-order valence-electron chi connectivity index (χ4n) is 1.95. The van der Waals surface area contributed by atoms with E-state index in [0.717, 1.165) is 24.3 Å². The van der Waals surface area contributed by atoms with Crippen LogP contribution in [0.25, 0.3) is 0 Å². The summed E-state index contributed by atoms with van der Waals surface area (Å²) < 4.78 is 11.3.